The molecule has 0 aliphatic carbocycles. The van der Waals surface area contributed by atoms with E-state index in [0.29, 0.717) is 30.1 Å². The van der Waals surface area contributed by atoms with Gasteiger partial charge in [0.2, 0.25) is 15.9 Å². The number of amides is 1. The van der Waals surface area contributed by atoms with Crippen molar-refractivity contribution in [3.8, 4) is 0 Å². The van der Waals surface area contributed by atoms with Crippen LogP contribution in [0.2, 0.25) is 5.02 Å². The van der Waals surface area contributed by atoms with Crippen molar-refractivity contribution in [1.82, 2.24) is 4.31 Å². The SMILES string of the molecule is Cc1ccc(S(=O)(=O)N2CCC[C@H]2C(=O)Nc2cccc(Cl)c2)cc1. The number of rotatable bonds is 4. The first kappa shape index (κ1) is 17.9. The molecule has 25 heavy (non-hydrogen) atoms. The molecule has 7 heteroatoms. The Morgan fingerprint density at radius 3 is 2.60 bits per heavy atom. The number of carbonyl (C=O) groups excluding carboxylic acids is 1. The summed E-state index contributed by atoms with van der Waals surface area (Å²) in [7, 11) is -3.70. The number of nitrogens with zero attached hydrogens (tertiary/aromatic N) is 1. The molecule has 1 aliphatic heterocycles. The van der Waals surface area contributed by atoms with Crippen LogP contribution in [-0.2, 0) is 14.8 Å². The Morgan fingerprint density at radius 1 is 1.20 bits per heavy atom. The number of sulfonamides is 1. The molecule has 5 nitrogen and oxygen atoms in total. The van der Waals surface area contributed by atoms with Crippen molar-refractivity contribution >= 4 is 33.2 Å². The molecule has 3 rings (SSSR count). The molecule has 2 aromatic carbocycles. The fraction of sp³-hybridized carbons (Fsp3) is 0.278. The summed E-state index contributed by atoms with van der Waals surface area (Å²) in [5, 5.41) is 3.27. The number of hydrogen-bond acceptors (Lipinski definition) is 3. The molecule has 1 aliphatic rings. The van der Waals surface area contributed by atoms with Gasteiger partial charge in [0.25, 0.3) is 0 Å². The van der Waals surface area contributed by atoms with Crippen LogP contribution in [0.25, 0.3) is 0 Å². The van der Waals surface area contributed by atoms with Gasteiger partial charge in [-0.15, -0.1) is 0 Å². The minimum absolute atomic E-state index is 0.209. The Kier molecular flexibility index (Phi) is 5.13. The van der Waals surface area contributed by atoms with Gasteiger partial charge in [-0.3, -0.25) is 4.79 Å². The summed E-state index contributed by atoms with van der Waals surface area (Å²) in [6.45, 7) is 2.23. The van der Waals surface area contributed by atoms with E-state index in [0.717, 1.165) is 5.56 Å². The fourth-order valence-electron chi connectivity index (χ4n) is 2.93. The van der Waals surface area contributed by atoms with E-state index in [1.54, 1.807) is 48.5 Å². The molecule has 0 spiro atoms. The summed E-state index contributed by atoms with van der Waals surface area (Å²) in [6.07, 6.45) is 1.15. The molecule has 1 atom stereocenters. The van der Waals surface area contributed by atoms with Crippen molar-refractivity contribution in [1.29, 1.82) is 0 Å². The molecule has 1 N–H and O–H groups in total. The highest BCUT2D eigenvalue weighted by molar-refractivity contribution is 7.89. The molecule has 1 amide bonds. The van der Waals surface area contributed by atoms with Gasteiger partial charge in [0, 0.05) is 17.3 Å². The van der Waals surface area contributed by atoms with Crippen LogP contribution in [0.5, 0.6) is 0 Å². The van der Waals surface area contributed by atoms with Crippen LogP contribution in [0, 0.1) is 6.92 Å². The Bertz CT molecular complexity index is 881. The van der Waals surface area contributed by atoms with E-state index in [1.165, 1.54) is 4.31 Å². The van der Waals surface area contributed by atoms with E-state index in [4.69, 9.17) is 11.6 Å². The van der Waals surface area contributed by atoms with E-state index >= 15 is 0 Å². The third-order valence-electron chi connectivity index (χ3n) is 4.23. The number of hydrogen-bond donors (Lipinski definition) is 1. The average Bonchev–Trinajstić information content (AvgIpc) is 3.06. The number of carbonyl (C=O) groups is 1. The van der Waals surface area contributed by atoms with Crippen molar-refractivity contribution in [3.05, 3.63) is 59.1 Å². The molecule has 132 valence electrons. The number of benzene rings is 2. The van der Waals surface area contributed by atoms with Crippen molar-refractivity contribution < 1.29 is 13.2 Å². The number of anilines is 1. The Labute approximate surface area is 152 Å². The lowest BCUT2D eigenvalue weighted by Crippen LogP contribution is -2.43. The Balaban J connectivity index is 1.82. The topological polar surface area (TPSA) is 66.5 Å². The predicted octanol–water partition coefficient (Wildman–Crippen LogP) is 3.44. The van der Waals surface area contributed by atoms with Crippen LogP contribution in [0.3, 0.4) is 0 Å². The number of halogens is 1. The third-order valence-corrected chi connectivity index (χ3v) is 6.38. The molecular weight excluding hydrogens is 360 g/mol. The second kappa shape index (κ2) is 7.15. The van der Waals surface area contributed by atoms with Gasteiger partial charge >= 0.3 is 0 Å². The highest BCUT2D eigenvalue weighted by Gasteiger charge is 2.39. The van der Waals surface area contributed by atoms with Crippen LogP contribution in [-0.4, -0.2) is 31.2 Å². The zero-order valence-corrected chi connectivity index (χ0v) is 15.3. The molecule has 1 heterocycles. The first-order chi connectivity index (χ1) is 11.9. The minimum Gasteiger partial charge on any atom is -0.325 e. The van der Waals surface area contributed by atoms with E-state index < -0.39 is 16.1 Å². The third kappa shape index (κ3) is 3.86. The number of nitrogens with one attached hydrogen (secondary N) is 1. The molecular formula is C18H19ClN2O3S. The maximum Gasteiger partial charge on any atom is 0.243 e. The maximum absolute atomic E-state index is 12.9. The van der Waals surface area contributed by atoms with Gasteiger partial charge < -0.3 is 5.32 Å². The van der Waals surface area contributed by atoms with Gasteiger partial charge in [0.05, 0.1) is 4.90 Å². The van der Waals surface area contributed by atoms with Gasteiger partial charge in [-0.05, 0) is 50.1 Å². The summed E-state index contributed by atoms with van der Waals surface area (Å²) < 4.78 is 27.1. The number of aryl methyl sites for hydroxylation is 1. The van der Waals surface area contributed by atoms with Crippen molar-refractivity contribution in [2.24, 2.45) is 0 Å². The van der Waals surface area contributed by atoms with E-state index in [1.807, 2.05) is 6.92 Å². The summed E-state index contributed by atoms with van der Waals surface area (Å²) in [5.41, 5.74) is 1.53. The lowest BCUT2D eigenvalue weighted by atomic mass is 10.2. The summed E-state index contributed by atoms with van der Waals surface area (Å²) in [4.78, 5) is 12.8. The summed E-state index contributed by atoms with van der Waals surface area (Å²) >= 11 is 5.92. The minimum atomic E-state index is -3.70. The van der Waals surface area contributed by atoms with Gasteiger partial charge in [0.15, 0.2) is 0 Å². The second-order valence-electron chi connectivity index (χ2n) is 6.09. The monoisotopic (exact) mass is 378 g/mol. The average molecular weight is 379 g/mol. The van der Waals surface area contributed by atoms with Crippen LogP contribution in [0.15, 0.2) is 53.4 Å². The van der Waals surface area contributed by atoms with Gasteiger partial charge in [-0.1, -0.05) is 35.4 Å². The zero-order valence-electron chi connectivity index (χ0n) is 13.8. The molecule has 1 fully saturated rings. The first-order valence-corrected chi connectivity index (χ1v) is 9.85. The molecule has 0 bridgehead atoms. The summed E-state index contributed by atoms with van der Waals surface area (Å²) in [5.74, 6) is -0.338. The molecule has 0 radical (unpaired) electrons. The summed E-state index contributed by atoms with van der Waals surface area (Å²) in [6, 6.07) is 12.7. The lowest BCUT2D eigenvalue weighted by molar-refractivity contribution is -0.119. The molecule has 0 aromatic heterocycles. The molecule has 1 saturated heterocycles. The fourth-order valence-corrected chi connectivity index (χ4v) is 4.77. The van der Waals surface area contributed by atoms with Crippen LogP contribution >= 0.6 is 11.6 Å². The molecule has 0 unspecified atom stereocenters. The second-order valence-corrected chi connectivity index (χ2v) is 8.41. The predicted molar refractivity (Wildman–Crippen MR) is 98.2 cm³/mol. The first-order valence-electron chi connectivity index (χ1n) is 8.03. The quantitative estimate of drug-likeness (QED) is 0.886. The van der Waals surface area contributed by atoms with Crippen LogP contribution < -0.4 is 5.32 Å². The highest BCUT2D eigenvalue weighted by Crippen LogP contribution is 2.27. The van der Waals surface area contributed by atoms with E-state index in [2.05, 4.69) is 5.32 Å². The van der Waals surface area contributed by atoms with Gasteiger partial charge in [0.1, 0.15) is 6.04 Å². The van der Waals surface area contributed by atoms with E-state index in [-0.39, 0.29) is 10.8 Å². The lowest BCUT2D eigenvalue weighted by Gasteiger charge is -2.23. The van der Waals surface area contributed by atoms with Gasteiger partial charge in [-0.2, -0.15) is 4.31 Å². The van der Waals surface area contributed by atoms with Crippen molar-refractivity contribution in [2.75, 3.05) is 11.9 Å². The van der Waals surface area contributed by atoms with Crippen LogP contribution in [0.1, 0.15) is 18.4 Å². The van der Waals surface area contributed by atoms with Crippen molar-refractivity contribution in [3.63, 3.8) is 0 Å². The van der Waals surface area contributed by atoms with E-state index in [9.17, 15) is 13.2 Å². The standard InChI is InChI=1S/C18H19ClN2O3S/c1-13-7-9-16(10-8-13)25(23,24)21-11-3-6-17(21)18(22)20-15-5-2-4-14(19)12-15/h2,4-5,7-10,12,17H,3,6,11H2,1H3,(H,20,22)/t17-/m0/s1. The maximum atomic E-state index is 12.9. The Morgan fingerprint density at radius 2 is 1.92 bits per heavy atom. The van der Waals surface area contributed by atoms with Crippen molar-refractivity contribution in [2.45, 2.75) is 30.7 Å². The zero-order chi connectivity index (χ0) is 18.0. The van der Waals surface area contributed by atoms with Crippen LogP contribution in [0.4, 0.5) is 5.69 Å². The normalized spacial score (nSPS) is 18.2. The highest BCUT2D eigenvalue weighted by atomic mass is 35.5. The Hall–Kier alpha value is -1.89. The smallest absolute Gasteiger partial charge is 0.243 e. The van der Waals surface area contributed by atoms with Gasteiger partial charge in [-0.25, -0.2) is 8.42 Å². The molecule has 0 saturated carbocycles. The largest absolute Gasteiger partial charge is 0.325 e. The molecule has 2 aromatic rings.